The summed E-state index contributed by atoms with van der Waals surface area (Å²) >= 11 is 0. The molecule has 2 rings (SSSR count). The highest BCUT2D eigenvalue weighted by atomic mass is 19.4. The third kappa shape index (κ3) is 5.34. The Morgan fingerprint density at radius 1 is 1.38 bits per heavy atom. The number of nitrogens with zero attached hydrogens (tertiary/aromatic N) is 2. The van der Waals surface area contributed by atoms with E-state index in [0.29, 0.717) is 12.2 Å². The standard InChI is InChI=1S/C17H22F3N3O3/c1-3-13(4-2)23-9-11(7-15(23)24)16(25)22-12-5-6-14(21-8-12)26-10-17(18,19)20/h5-6,8,11,13H,3-4,7,9-10H2,1-2H3,(H,22,25). The zero-order valence-electron chi connectivity index (χ0n) is 14.7. The van der Waals surface area contributed by atoms with Crippen molar-refractivity contribution in [3.63, 3.8) is 0 Å². The van der Waals surface area contributed by atoms with E-state index in [1.807, 2.05) is 13.8 Å². The van der Waals surface area contributed by atoms with Crippen LogP contribution in [0.3, 0.4) is 0 Å². The highest BCUT2D eigenvalue weighted by molar-refractivity contribution is 5.97. The van der Waals surface area contributed by atoms with Gasteiger partial charge in [0.25, 0.3) is 0 Å². The lowest BCUT2D eigenvalue weighted by Gasteiger charge is -2.26. The van der Waals surface area contributed by atoms with Crippen molar-refractivity contribution in [3.8, 4) is 5.88 Å². The fourth-order valence-electron chi connectivity index (χ4n) is 2.93. The Labute approximate surface area is 149 Å². The van der Waals surface area contributed by atoms with Crippen LogP contribution in [0, 0.1) is 5.92 Å². The minimum absolute atomic E-state index is 0.0344. The highest BCUT2D eigenvalue weighted by Gasteiger charge is 2.36. The van der Waals surface area contributed by atoms with Crippen LogP contribution in [-0.4, -0.2) is 47.1 Å². The Morgan fingerprint density at radius 3 is 2.62 bits per heavy atom. The minimum atomic E-state index is -4.44. The normalized spacial score (nSPS) is 17.7. The third-order valence-electron chi connectivity index (χ3n) is 4.30. The Bertz CT molecular complexity index is 630. The first-order valence-electron chi connectivity index (χ1n) is 8.49. The molecule has 0 bridgehead atoms. The summed E-state index contributed by atoms with van der Waals surface area (Å²) in [7, 11) is 0. The molecule has 26 heavy (non-hydrogen) atoms. The molecule has 1 aliphatic rings. The van der Waals surface area contributed by atoms with E-state index < -0.39 is 18.7 Å². The molecule has 0 aliphatic carbocycles. The lowest BCUT2D eigenvalue weighted by atomic mass is 10.1. The van der Waals surface area contributed by atoms with Gasteiger partial charge in [-0.05, 0) is 18.9 Å². The van der Waals surface area contributed by atoms with E-state index in [-0.39, 0.29) is 30.2 Å². The van der Waals surface area contributed by atoms with Crippen LogP contribution in [0.25, 0.3) is 0 Å². The number of carbonyl (C=O) groups is 2. The summed E-state index contributed by atoms with van der Waals surface area (Å²) in [6.45, 7) is 2.95. The Balaban J connectivity index is 1.91. The molecule has 0 saturated carbocycles. The van der Waals surface area contributed by atoms with Gasteiger partial charge in [-0.25, -0.2) is 4.98 Å². The van der Waals surface area contributed by atoms with Gasteiger partial charge < -0.3 is 15.0 Å². The second-order valence-electron chi connectivity index (χ2n) is 6.20. The third-order valence-corrected chi connectivity index (χ3v) is 4.30. The Kier molecular flexibility index (Phi) is 6.44. The second-order valence-corrected chi connectivity index (χ2v) is 6.20. The van der Waals surface area contributed by atoms with Gasteiger partial charge >= 0.3 is 6.18 Å². The van der Waals surface area contributed by atoms with Gasteiger partial charge in [0.15, 0.2) is 6.61 Å². The number of carbonyl (C=O) groups excluding carboxylic acids is 2. The number of rotatable bonds is 7. The van der Waals surface area contributed by atoms with Crippen LogP contribution in [0.2, 0.25) is 0 Å². The van der Waals surface area contributed by atoms with E-state index in [1.165, 1.54) is 18.3 Å². The Hall–Kier alpha value is -2.32. The van der Waals surface area contributed by atoms with Crippen LogP contribution in [0.1, 0.15) is 33.1 Å². The van der Waals surface area contributed by atoms with Gasteiger partial charge in [-0.1, -0.05) is 13.8 Å². The molecule has 1 unspecified atom stereocenters. The largest absolute Gasteiger partial charge is 0.468 e. The zero-order chi connectivity index (χ0) is 19.3. The van der Waals surface area contributed by atoms with E-state index in [2.05, 4.69) is 15.0 Å². The zero-order valence-corrected chi connectivity index (χ0v) is 14.7. The predicted molar refractivity (Wildman–Crippen MR) is 88.6 cm³/mol. The molecular weight excluding hydrogens is 351 g/mol. The summed E-state index contributed by atoms with van der Waals surface area (Å²) in [5.74, 6) is -0.981. The van der Waals surface area contributed by atoms with Gasteiger partial charge in [0.05, 0.1) is 17.8 Å². The number of hydrogen-bond donors (Lipinski definition) is 1. The first-order valence-corrected chi connectivity index (χ1v) is 8.49. The lowest BCUT2D eigenvalue weighted by Crippen LogP contribution is -2.36. The number of halogens is 3. The number of ether oxygens (including phenoxy) is 1. The van der Waals surface area contributed by atoms with Crippen molar-refractivity contribution >= 4 is 17.5 Å². The summed E-state index contributed by atoms with van der Waals surface area (Å²) < 4.78 is 40.8. The van der Waals surface area contributed by atoms with Crippen molar-refractivity contribution in [2.45, 2.75) is 45.3 Å². The van der Waals surface area contributed by atoms with E-state index in [4.69, 9.17) is 0 Å². The van der Waals surface area contributed by atoms with E-state index in [0.717, 1.165) is 12.8 Å². The number of anilines is 1. The van der Waals surface area contributed by atoms with Crippen molar-refractivity contribution in [2.75, 3.05) is 18.5 Å². The van der Waals surface area contributed by atoms with Crippen molar-refractivity contribution in [2.24, 2.45) is 5.92 Å². The SMILES string of the molecule is CCC(CC)N1CC(C(=O)Nc2ccc(OCC(F)(F)F)nc2)CC1=O. The molecule has 0 radical (unpaired) electrons. The van der Waals surface area contributed by atoms with Gasteiger partial charge in [-0.3, -0.25) is 9.59 Å². The van der Waals surface area contributed by atoms with Crippen LogP contribution in [0.5, 0.6) is 5.88 Å². The average Bonchev–Trinajstić information content (AvgIpc) is 2.97. The van der Waals surface area contributed by atoms with E-state index in [1.54, 1.807) is 4.90 Å². The summed E-state index contributed by atoms with van der Waals surface area (Å²) in [5.41, 5.74) is 0.336. The maximum atomic E-state index is 12.3. The van der Waals surface area contributed by atoms with Crippen LogP contribution >= 0.6 is 0 Å². The molecular formula is C17H22F3N3O3. The quantitative estimate of drug-likeness (QED) is 0.798. The van der Waals surface area contributed by atoms with Gasteiger partial charge in [0, 0.05) is 25.1 Å². The highest BCUT2D eigenvalue weighted by Crippen LogP contribution is 2.24. The predicted octanol–water partition coefficient (Wildman–Crippen LogP) is 3.00. The number of alkyl halides is 3. The smallest absolute Gasteiger partial charge is 0.422 e. The maximum absolute atomic E-state index is 12.3. The average molecular weight is 373 g/mol. The van der Waals surface area contributed by atoms with Crippen molar-refractivity contribution in [1.82, 2.24) is 9.88 Å². The fourth-order valence-corrected chi connectivity index (χ4v) is 2.93. The monoisotopic (exact) mass is 373 g/mol. The van der Waals surface area contributed by atoms with Gasteiger partial charge in [-0.2, -0.15) is 13.2 Å². The molecule has 1 aliphatic heterocycles. The summed E-state index contributed by atoms with van der Waals surface area (Å²) in [6.07, 6.45) is -1.40. The first-order chi connectivity index (χ1) is 12.2. The van der Waals surface area contributed by atoms with Crippen LogP contribution in [-0.2, 0) is 9.59 Å². The first kappa shape index (κ1) is 20.0. The molecule has 0 aromatic carbocycles. The van der Waals surface area contributed by atoms with E-state index in [9.17, 15) is 22.8 Å². The molecule has 1 atom stereocenters. The summed E-state index contributed by atoms with van der Waals surface area (Å²) in [4.78, 5) is 30.0. The fraction of sp³-hybridized carbons (Fsp3) is 0.588. The number of hydrogen-bond acceptors (Lipinski definition) is 4. The molecule has 144 valence electrons. The molecule has 1 fully saturated rings. The molecule has 2 heterocycles. The number of nitrogens with one attached hydrogen (secondary N) is 1. The molecule has 0 spiro atoms. The lowest BCUT2D eigenvalue weighted by molar-refractivity contribution is -0.154. The van der Waals surface area contributed by atoms with Crippen LogP contribution in [0.4, 0.5) is 18.9 Å². The summed E-state index contributed by atoms with van der Waals surface area (Å²) in [5, 5.41) is 2.64. The van der Waals surface area contributed by atoms with Gasteiger partial charge in [0.1, 0.15) is 0 Å². The maximum Gasteiger partial charge on any atom is 0.422 e. The Morgan fingerprint density at radius 2 is 2.08 bits per heavy atom. The number of likely N-dealkylation sites (tertiary alicyclic amines) is 1. The summed E-state index contributed by atoms with van der Waals surface area (Å²) in [6, 6.07) is 2.79. The molecule has 1 aromatic rings. The molecule has 9 heteroatoms. The molecule has 6 nitrogen and oxygen atoms in total. The van der Waals surface area contributed by atoms with Crippen LogP contribution in [0.15, 0.2) is 18.3 Å². The molecule has 1 aromatic heterocycles. The van der Waals surface area contributed by atoms with Crippen molar-refractivity contribution < 1.29 is 27.5 Å². The minimum Gasteiger partial charge on any atom is -0.468 e. The number of aromatic nitrogens is 1. The van der Waals surface area contributed by atoms with E-state index >= 15 is 0 Å². The number of pyridine rings is 1. The molecule has 1 saturated heterocycles. The van der Waals surface area contributed by atoms with Crippen molar-refractivity contribution in [3.05, 3.63) is 18.3 Å². The van der Waals surface area contributed by atoms with Crippen molar-refractivity contribution in [1.29, 1.82) is 0 Å². The second kappa shape index (κ2) is 8.37. The molecule has 1 N–H and O–H groups in total. The number of amides is 2. The topological polar surface area (TPSA) is 71.5 Å². The van der Waals surface area contributed by atoms with Gasteiger partial charge in [0.2, 0.25) is 17.7 Å². The van der Waals surface area contributed by atoms with Crippen LogP contribution < -0.4 is 10.1 Å². The van der Waals surface area contributed by atoms with Gasteiger partial charge in [-0.15, -0.1) is 0 Å². The molecule has 2 amide bonds.